The van der Waals surface area contributed by atoms with Crippen LogP contribution in [0.15, 0.2) is 24.3 Å². The molecule has 0 bridgehead atoms. The fraction of sp³-hybridized carbons (Fsp3) is 0.647. The molecule has 4 nitrogen and oxygen atoms in total. The fourth-order valence-electron chi connectivity index (χ4n) is 2.59. The average molecular weight is 292 g/mol. The third kappa shape index (κ3) is 6.46. The molecule has 0 spiro atoms. The molecule has 1 saturated heterocycles. The van der Waals surface area contributed by atoms with Crippen LogP contribution in [-0.2, 0) is 11.3 Å². The van der Waals surface area contributed by atoms with Gasteiger partial charge in [0.2, 0.25) is 0 Å². The topological polar surface area (TPSA) is 33.7 Å². The second kappa shape index (κ2) is 9.77. The zero-order valence-electron chi connectivity index (χ0n) is 13.1. The molecule has 1 fully saturated rings. The molecule has 0 unspecified atom stereocenters. The normalized spacial score (nSPS) is 16.0. The summed E-state index contributed by atoms with van der Waals surface area (Å²) in [6.07, 6.45) is 4.06. The monoisotopic (exact) mass is 292 g/mol. The molecule has 1 aromatic rings. The molecule has 0 aromatic heterocycles. The quantitative estimate of drug-likeness (QED) is 0.708. The van der Waals surface area contributed by atoms with Crippen LogP contribution in [0.1, 0.15) is 24.8 Å². The maximum Gasteiger partial charge on any atom is 0.119 e. The second-order valence-electron chi connectivity index (χ2n) is 5.56. The first-order valence-corrected chi connectivity index (χ1v) is 8.02. The van der Waals surface area contributed by atoms with E-state index in [1.165, 1.54) is 37.9 Å². The highest BCUT2D eigenvalue weighted by atomic mass is 16.5. The molecule has 1 heterocycles. The predicted molar refractivity (Wildman–Crippen MR) is 85.8 cm³/mol. The molecule has 2 rings (SSSR count). The van der Waals surface area contributed by atoms with Gasteiger partial charge in [-0.1, -0.05) is 18.6 Å². The molecule has 118 valence electrons. The van der Waals surface area contributed by atoms with E-state index in [1.807, 2.05) is 0 Å². The van der Waals surface area contributed by atoms with E-state index in [-0.39, 0.29) is 0 Å². The summed E-state index contributed by atoms with van der Waals surface area (Å²) in [7, 11) is 1.72. The number of likely N-dealkylation sites (tertiary alicyclic amines) is 1. The Hall–Kier alpha value is -1.10. The highest BCUT2D eigenvalue weighted by Gasteiger charge is 2.09. The minimum atomic E-state index is 0.748. The fourth-order valence-corrected chi connectivity index (χ4v) is 2.59. The van der Waals surface area contributed by atoms with Gasteiger partial charge in [-0.25, -0.2) is 0 Å². The molecule has 1 N–H and O–H groups in total. The van der Waals surface area contributed by atoms with Crippen LogP contribution in [0.25, 0.3) is 0 Å². The van der Waals surface area contributed by atoms with Crippen molar-refractivity contribution in [3.63, 3.8) is 0 Å². The van der Waals surface area contributed by atoms with Crippen molar-refractivity contribution in [1.82, 2.24) is 10.2 Å². The number of nitrogens with zero attached hydrogens (tertiary/aromatic N) is 1. The van der Waals surface area contributed by atoms with Crippen molar-refractivity contribution in [2.45, 2.75) is 25.8 Å². The summed E-state index contributed by atoms with van der Waals surface area (Å²) in [6, 6.07) is 8.36. The molecule has 0 amide bonds. The molecule has 1 aliphatic heterocycles. The standard InChI is InChI=1S/C17H28N2O2/c1-20-13-9-18-15-16-5-7-17(8-6-16)21-14-12-19-10-3-2-4-11-19/h5-8,18H,2-4,9-15H2,1H3. The molecule has 0 saturated carbocycles. The number of hydrogen-bond donors (Lipinski definition) is 1. The number of rotatable bonds is 9. The van der Waals surface area contributed by atoms with Crippen molar-refractivity contribution in [3.05, 3.63) is 29.8 Å². The lowest BCUT2D eigenvalue weighted by Crippen LogP contribution is -2.33. The number of piperidine rings is 1. The summed E-state index contributed by atoms with van der Waals surface area (Å²) in [6.45, 7) is 6.79. The van der Waals surface area contributed by atoms with Gasteiger partial charge in [-0.15, -0.1) is 0 Å². The van der Waals surface area contributed by atoms with E-state index in [2.05, 4.69) is 34.5 Å². The van der Waals surface area contributed by atoms with Crippen molar-refractivity contribution in [3.8, 4) is 5.75 Å². The van der Waals surface area contributed by atoms with Crippen molar-refractivity contribution in [1.29, 1.82) is 0 Å². The number of nitrogens with one attached hydrogen (secondary N) is 1. The highest BCUT2D eigenvalue weighted by Crippen LogP contribution is 2.13. The Labute approximate surface area is 128 Å². The predicted octanol–water partition coefficient (Wildman–Crippen LogP) is 2.29. The van der Waals surface area contributed by atoms with Gasteiger partial charge in [0.25, 0.3) is 0 Å². The largest absolute Gasteiger partial charge is 0.492 e. The molecular weight excluding hydrogens is 264 g/mol. The van der Waals surface area contributed by atoms with E-state index >= 15 is 0 Å². The lowest BCUT2D eigenvalue weighted by Gasteiger charge is -2.26. The Bertz CT molecular complexity index is 375. The van der Waals surface area contributed by atoms with E-state index in [0.717, 1.165) is 38.6 Å². The van der Waals surface area contributed by atoms with E-state index < -0.39 is 0 Å². The number of benzene rings is 1. The van der Waals surface area contributed by atoms with Crippen LogP contribution in [-0.4, -0.2) is 51.4 Å². The Balaban J connectivity index is 1.62. The Morgan fingerprint density at radius 1 is 1.05 bits per heavy atom. The molecule has 1 aliphatic rings. The molecule has 0 radical (unpaired) electrons. The van der Waals surface area contributed by atoms with Crippen molar-refractivity contribution < 1.29 is 9.47 Å². The summed E-state index contributed by atoms with van der Waals surface area (Å²) >= 11 is 0. The first kappa shape index (κ1) is 16.3. The lowest BCUT2D eigenvalue weighted by atomic mass is 10.1. The second-order valence-corrected chi connectivity index (χ2v) is 5.56. The number of methoxy groups -OCH3 is 1. The third-order valence-electron chi connectivity index (χ3n) is 3.86. The summed E-state index contributed by atoms with van der Waals surface area (Å²) < 4.78 is 10.8. The van der Waals surface area contributed by atoms with Crippen LogP contribution in [0.4, 0.5) is 0 Å². The van der Waals surface area contributed by atoms with Gasteiger partial charge in [0.1, 0.15) is 12.4 Å². The Morgan fingerprint density at radius 2 is 1.81 bits per heavy atom. The molecule has 0 atom stereocenters. The van der Waals surface area contributed by atoms with Gasteiger partial charge < -0.3 is 14.8 Å². The molecule has 1 aromatic carbocycles. The van der Waals surface area contributed by atoms with Gasteiger partial charge in [-0.2, -0.15) is 0 Å². The summed E-state index contributed by atoms with van der Waals surface area (Å²) in [4.78, 5) is 2.50. The SMILES string of the molecule is COCCNCc1ccc(OCCN2CCCCC2)cc1. The smallest absolute Gasteiger partial charge is 0.119 e. The minimum absolute atomic E-state index is 0.748. The minimum Gasteiger partial charge on any atom is -0.492 e. The van der Waals surface area contributed by atoms with Gasteiger partial charge in [0, 0.05) is 26.7 Å². The van der Waals surface area contributed by atoms with Crippen molar-refractivity contribution >= 4 is 0 Å². The van der Waals surface area contributed by atoms with Crippen LogP contribution in [0.3, 0.4) is 0 Å². The number of ether oxygens (including phenoxy) is 2. The van der Waals surface area contributed by atoms with Crippen molar-refractivity contribution in [2.75, 3.05) is 46.5 Å². The van der Waals surface area contributed by atoms with E-state index in [1.54, 1.807) is 7.11 Å². The Kier molecular flexibility index (Phi) is 7.57. The van der Waals surface area contributed by atoms with Gasteiger partial charge in [-0.3, -0.25) is 4.90 Å². The van der Waals surface area contributed by atoms with Gasteiger partial charge >= 0.3 is 0 Å². The molecule has 21 heavy (non-hydrogen) atoms. The first-order valence-electron chi connectivity index (χ1n) is 8.02. The maximum atomic E-state index is 5.82. The zero-order valence-corrected chi connectivity index (χ0v) is 13.1. The molecular formula is C17H28N2O2. The van der Waals surface area contributed by atoms with Crippen molar-refractivity contribution in [2.24, 2.45) is 0 Å². The van der Waals surface area contributed by atoms with Gasteiger partial charge in [0.05, 0.1) is 6.61 Å². The summed E-state index contributed by atoms with van der Waals surface area (Å²) in [5, 5.41) is 3.34. The van der Waals surface area contributed by atoms with Gasteiger partial charge in [-0.05, 0) is 43.6 Å². The average Bonchev–Trinajstić information content (AvgIpc) is 2.54. The maximum absolute atomic E-state index is 5.82. The first-order chi connectivity index (χ1) is 10.4. The lowest BCUT2D eigenvalue weighted by molar-refractivity contribution is 0.183. The van der Waals surface area contributed by atoms with Crippen LogP contribution < -0.4 is 10.1 Å². The number of hydrogen-bond acceptors (Lipinski definition) is 4. The van der Waals surface area contributed by atoms with E-state index in [9.17, 15) is 0 Å². The van der Waals surface area contributed by atoms with Crippen LogP contribution in [0.5, 0.6) is 5.75 Å². The summed E-state index contributed by atoms with van der Waals surface area (Å²) in [5.74, 6) is 0.965. The van der Waals surface area contributed by atoms with Gasteiger partial charge in [0.15, 0.2) is 0 Å². The molecule has 0 aliphatic carbocycles. The third-order valence-corrected chi connectivity index (χ3v) is 3.86. The van der Waals surface area contributed by atoms with E-state index in [4.69, 9.17) is 9.47 Å². The van der Waals surface area contributed by atoms with Crippen LogP contribution >= 0.6 is 0 Å². The summed E-state index contributed by atoms with van der Waals surface area (Å²) in [5.41, 5.74) is 1.27. The van der Waals surface area contributed by atoms with Crippen LogP contribution in [0, 0.1) is 0 Å². The zero-order chi connectivity index (χ0) is 14.8. The van der Waals surface area contributed by atoms with E-state index in [0.29, 0.717) is 0 Å². The van der Waals surface area contributed by atoms with Crippen LogP contribution in [0.2, 0.25) is 0 Å². The Morgan fingerprint density at radius 3 is 2.52 bits per heavy atom. The highest BCUT2D eigenvalue weighted by molar-refractivity contribution is 5.27. The molecule has 4 heteroatoms.